The maximum atomic E-state index is 13.5. The van der Waals surface area contributed by atoms with Gasteiger partial charge in [-0.15, -0.1) is 0 Å². The van der Waals surface area contributed by atoms with E-state index >= 15 is 0 Å². The number of hydrogen-bond donors (Lipinski definition) is 1. The Morgan fingerprint density at radius 3 is 2.47 bits per heavy atom. The van der Waals surface area contributed by atoms with Gasteiger partial charge in [0.15, 0.2) is 0 Å². The van der Waals surface area contributed by atoms with E-state index in [1.54, 1.807) is 0 Å². The van der Waals surface area contributed by atoms with Crippen molar-refractivity contribution in [3.05, 3.63) is 34.4 Å². The normalized spacial score (nSPS) is 10.9. The van der Waals surface area contributed by atoms with E-state index in [2.05, 4.69) is 0 Å². The number of aliphatic hydroxyl groups is 1. The van der Waals surface area contributed by atoms with Crippen LogP contribution in [0.2, 0.25) is 5.02 Å². The monoisotopic (exact) mass is 299 g/mol. The number of rotatable bonds is 5. The quantitative estimate of drug-likeness (QED) is 0.669. The predicted molar refractivity (Wildman–Crippen MR) is 60.4 cm³/mol. The minimum absolute atomic E-state index is 0.410. The summed E-state index contributed by atoms with van der Waals surface area (Å²) in [5.74, 6) is -3.29. The molecule has 1 amide bonds. The molecule has 1 aromatic rings. The van der Waals surface area contributed by atoms with Crippen molar-refractivity contribution in [2.24, 2.45) is 0 Å². The van der Waals surface area contributed by atoms with Crippen LogP contribution in [0.25, 0.3) is 0 Å². The number of amides is 1. The van der Waals surface area contributed by atoms with Crippen LogP contribution in [0.15, 0.2) is 12.1 Å². The molecule has 0 aliphatic carbocycles. The number of halogens is 5. The molecule has 1 aromatic carbocycles. The topological polar surface area (TPSA) is 40.5 Å². The molecule has 3 nitrogen and oxygen atoms in total. The molecule has 0 saturated heterocycles. The molecule has 1 N–H and O–H groups in total. The Bertz CT molecular complexity index is 470. The first-order valence-corrected chi connectivity index (χ1v) is 5.57. The van der Waals surface area contributed by atoms with Gasteiger partial charge in [-0.05, 0) is 12.1 Å². The fourth-order valence-corrected chi connectivity index (χ4v) is 1.57. The van der Waals surface area contributed by atoms with Crippen molar-refractivity contribution in [3.63, 3.8) is 0 Å². The van der Waals surface area contributed by atoms with E-state index in [1.807, 2.05) is 0 Å². The Balaban J connectivity index is 3.05. The van der Waals surface area contributed by atoms with Crippen molar-refractivity contribution in [3.8, 4) is 0 Å². The third kappa shape index (κ3) is 4.07. The Labute approximate surface area is 111 Å². The average Bonchev–Trinajstić information content (AvgIpc) is 2.32. The van der Waals surface area contributed by atoms with E-state index in [0.29, 0.717) is 17.0 Å². The molecule has 0 fully saturated rings. The van der Waals surface area contributed by atoms with Gasteiger partial charge in [-0.1, -0.05) is 11.6 Å². The van der Waals surface area contributed by atoms with Crippen LogP contribution in [0.1, 0.15) is 10.4 Å². The van der Waals surface area contributed by atoms with Gasteiger partial charge in [0.1, 0.15) is 11.6 Å². The number of alkyl halides is 2. The molecular weight excluding hydrogens is 290 g/mol. The zero-order chi connectivity index (χ0) is 14.6. The molecule has 1 rings (SSSR count). The molecule has 0 unspecified atom stereocenters. The van der Waals surface area contributed by atoms with Crippen LogP contribution in [0.4, 0.5) is 17.6 Å². The van der Waals surface area contributed by atoms with E-state index in [0.717, 1.165) is 0 Å². The van der Waals surface area contributed by atoms with Crippen LogP contribution in [-0.4, -0.2) is 42.0 Å². The Morgan fingerprint density at radius 2 is 1.95 bits per heavy atom. The van der Waals surface area contributed by atoms with E-state index in [9.17, 15) is 22.4 Å². The molecule has 19 heavy (non-hydrogen) atoms. The SMILES string of the molecule is O=C(c1cc(F)c(Cl)cc1F)N(CCO)CC(F)F. The lowest BCUT2D eigenvalue weighted by molar-refractivity contribution is 0.0505. The summed E-state index contributed by atoms with van der Waals surface area (Å²) in [6.45, 7) is -1.97. The lowest BCUT2D eigenvalue weighted by Crippen LogP contribution is -2.37. The third-order valence-electron chi connectivity index (χ3n) is 2.26. The zero-order valence-electron chi connectivity index (χ0n) is 9.55. The molecule has 0 atom stereocenters. The summed E-state index contributed by atoms with van der Waals surface area (Å²) < 4.78 is 51.2. The Kier molecular flexibility index (Phi) is 5.56. The molecule has 0 bridgehead atoms. The first-order chi connectivity index (χ1) is 8.86. The molecule has 106 valence electrons. The second kappa shape index (κ2) is 6.72. The van der Waals surface area contributed by atoms with Crippen LogP contribution in [0, 0.1) is 11.6 Å². The van der Waals surface area contributed by atoms with Gasteiger partial charge < -0.3 is 10.0 Å². The standard InChI is InChI=1S/C11H10ClF4NO2/c12-7-4-8(13)6(3-9(7)14)11(19)17(1-2-18)5-10(15)16/h3-4,10,18H,1-2,5H2. The smallest absolute Gasteiger partial charge is 0.257 e. The first kappa shape index (κ1) is 15.7. The Hall–Kier alpha value is -1.34. The maximum Gasteiger partial charge on any atom is 0.257 e. The van der Waals surface area contributed by atoms with E-state index < -0.39 is 54.2 Å². The van der Waals surface area contributed by atoms with Crippen molar-refractivity contribution in [1.82, 2.24) is 4.90 Å². The minimum Gasteiger partial charge on any atom is -0.395 e. The van der Waals surface area contributed by atoms with Crippen molar-refractivity contribution >= 4 is 17.5 Å². The highest BCUT2D eigenvalue weighted by molar-refractivity contribution is 6.30. The summed E-state index contributed by atoms with van der Waals surface area (Å²) in [5, 5.41) is 8.17. The van der Waals surface area contributed by atoms with Crippen molar-refractivity contribution in [1.29, 1.82) is 0 Å². The maximum absolute atomic E-state index is 13.5. The zero-order valence-corrected chi connectivity index (χ0v) is 10.3. The van der Waals surface area contributed by atoms with Gasteiger partial charge in [0.25, 0.3) is 12.3 Å². The lowest BCUT2D eigenvalue weighted by atomic mass is 10.1. The summed E-state index contributed by atoms with van der Waals surface area (Å²) in [6.07, 6.45) is -2.85. The summed E-state index contributed by atoms with van der Waals surface area (Å²) >= 11 is 5.32. The van der Waals surface area contributed by atoms with Crippen LogP contribution in [0.3, 0.4) is 0 Å². The van der Waals surface area contributed by atoms with Gasteiger partial charge >= 0.3 is 0 Å². The highest BCUT2D eigenvalue weighted by Gasteiger charge is 2.23. The lowest BCUT2D eigenvalue weighted by Gasteiger charge is -2.21. The molecule has 0 radical (unpaired) electrons. The second-order valence-corrected chi connectivity index (χ2v) is 4.02. The summed E-state index contributed by atoms with van der Waals surface area (Å²) in [6, 6.07) is 1.12. The molecular formula is C11H10ClF4NO2. The third-order valence-corrected chi connectivity index (χ3v) is 2.55. The van der Waals surface area contributed by atoms with Gasteiger partial charge in [0.2, 0.25) is 0 Å². The highest BCUT2D eigenvalue weighted by atomic mass is 35.5. The van der Waals surface area contributed by atoms with Crippen molar-refractivity contribution in [2.75, 3.05) is 19.7 Å². The van der Waals surface area contributed by atoms with Gasteiger partial charge in [0.05, 0.1) is 23.7 Å². The van der Waals surface area contributed by atoms with Gasteiger partial charge in [0, 0.05) is 6.54 Å². The first-order valence-electron chi connectivity index (χ1n) is 5.19. The molecule has 0 saturated carbocycles. The van der Waals surface area contributed by atoms with Gasteiger partial charge in [-0.2, -0.15) is 0 Å². The molecule has 0 aliphatic rings. The fourth-order valence-electron chi connectivity index (χ4n) is 1.42. The summed E-state index contributed by atoms with van der Waals surface area (Å²) in [5.41, 5.74) is -0.712. The van der Waals surface area contributed by atoms with Crippen molar-refractivity contribution < 1.29 is 27.5 Å². The summed E-state index contributed by atoms with van der Waals surface area (Å²) in [7, 11) is 0. The molecule has 0 heterocycles. The van der Waals surface area contributed by atoms with Gasteiger partial charge in [-0.25, -0.2) is 17.6 Å². The number of hydrogen-bond acceptors (Lipinski definition) is 2. The molecule has 0 spiro atoms. The number of nitrogens with zero attached hydrogens (tertiary/aromatic N) is 1. The number of carbonyl (C=O) groups is 1. The van der Waals surface area contributed by atoms with Crippen LogP contribution in [0.5, 0.6) is 0 Å². The molecule has 0 aromatic heterocycles. The Morgan fingerprint density at radius 1 is 1.32 bits per heavy atom. The molecule has 8 heteroatoms. The van der Waals surface area contributed by atoms with Crippen LogP contribution >= 0.6 is 11.6 Å². The average molecular weight is 300 g/mol. The van der Waals surface area contributed by atoms with Gasteiger partial charge in [-0.3, -0.25) is 4.79 Å². The van der Waals surface area contributed by atoms with Crippen LogP contribution in [-0.2, 0) is 0 Å². The van der Waals surface area contributed by atoms with E-state index in [-0.39, 0.29) is 0 Å². The predicted octanol–water partition coefficient (Wildman–Crippen LogP) is 2.32. The molecule has 0 aliphatic heterocycles. The fraction of sp³-hybridized carbons (Fsp3) is 0.364. The van der Waals surface area contributed by atoms with E-state index in [1.165, 1.54) is 0 Å². The number of aliphatic hydroxyl groups excluding tert-OH is 1. The number of benzene rings is 1. The van der Waals surface area contributed by atoms with E-state index in [4.69, 9.17) is 16.7 Å². The highest BCUT2D eigenvalue weighted by Crippen LogP contribution is 2.20. The van der Waals surface area contributed by atoms with Crippen LogP contribution < -0.4 is 0 Å². The van der Waals surface area contributed by atoms with Crippen molar-refractivity contribution in [2.45, 2.75) is 6.43 Å². The number of carbonyl (C=O) groups excluding carboxylic acids is 1. The summed E-state index contributed by atoms with van der Waals surface area (Å²) in [4.78, 5) is 12.3. The minimum atomic E-state index is -2.85. The second-order valence-electron chi connectivity index (χ2n) is 3.61. The largest absolute Gasteiger partial charge is 0.395 e.